The van der Waals surface area contributed by atoms with E-state index in [0.29, 0.717) is 36.0 Å². The molecule has 4 N–H and O–H groups in total. The van der Waals surface area contributed by atoms with Gasteiger partial charge in [-0.15, -0.1) is 12.4 Å². The normalized spacial score (nSPS) is 23.9. The molecule has 9 heteroatoms. The van der Waals surface area contributed by atoms with Crippen LogP contribution in [0, 0.1) is 0 Å². The number of benzene rings is 2. The van der Waals surface area contributed by atoms with Gasteiger partial charge in [0.15, 0.2) is 0 Å². The number of piperidine rings is 1. The number of fused-ring (bicyclic) bond motifs is 2. The van der Waals surface area contributed by atoms with Crippen molar-refractivity contribution in [3.63, 3.8) is 0 Å². The molecule has 2 atom stereocenters. The zero-order chi connectivity index (χ0) is 23.2. The Labute approximate surface area is 208 Å². The first-order valence-corrected chi connectivity index (χ1v) is 13.7. The summed E-state index contributed by atoms with van der Waals surface area (Å²) in [4.78, 5) is 2.59. The lowest BCUT2D eigenvalue weighted by Gasteiger charge is -2.48. The van der Waals surface area contributed by atoms with Gasteiger partial charge in [0.2, 0.25) is 10.0 Å². The highest BCUT2D eigenvalue weighted by Gasteiger charge is 2.44. The zero-order valence-electron chi connectivity index (χ0n) is 19.5. The molecule has 0 amide bonds. The molecule has 5 rings (SSSR count). The van der Waals surface area contributed by atoms with Crippen molar-refractivity contribution in [2.75, 3.05) is 24.1 Å². The minimum atomic E-state index is -3.37. The highest BCUT2D eigenvalue weighted by atomic mass is 35.5. The molecule has 186 valence electrons. The largest absolute Gasteiger partial charge is 0.487 e. The highest BCUT2D eigenvalue weighted by molar-refractivity contribution is 7.92. The third-order valence-electron chi connectivity index (χ3n) is 7.50. The van der Waals surface area contributed by atoms with Crippen LogP contribution in [-0.4, -0.2) is 49.4 Å². The summed E-state index contributed by atoms with van der Waals surface area (Å²) in [6, 6.07) is 12.4. The second-order valence-electron chi connectivity index (χ2n) is 9.87. The van der Waals surface area contributed by atoms with E-state index < -0.39 is 16.1 Å². The van der Waals surface area contributed by atoms with Gasteiger partial charge in [-0.1, -0.05) is 18.2 Å². The van der Waals surface area contributed by atoms with Gasteiger partial charge in [-0.25, -0.2) is 8.42 Å². The molecule has 7 nitrogen and oxygen atoms in total. The van der Waals surface area contributed by atoms with Crippen LogP contribution in [0.15, 0.2) is 36.4 Å². The molecule has 34 heavy (non-hydrogen) atoms. The number of likely N-dealkylation sites (tertiary alicyclic amines) is 1. The lowest BCUT2D eigenvalue weighted by atomic mass is 9.80. The first-order valence-electron chi connectivity index (χ1n) is 11.8. The number of nitrogens with zero attached hydrogens (tertiary/aromatic N) is 1. The Kier molecular flexibility index (Phi) is 7.18. The van der Waals surface area contributed by atoms with Gasteiger partial charge in [0, 0.05) is 43.3 Å². The Bertz CT molecular complexity index is 1150. The van der Waals surface area contributed by atoms with Crippen molar-refractivity contribution < 1.29 is 18.3 Å². The molecule has 2 aromatic rings. The molecule has 1 aliphatic carbocycles. The number of hydrogen-bond acceptors (Lipinski definition) is 6. The number of sulfonamides is 1. The second-order valence-corrected chi connectivity index (χ2v) is 11.6. The van der Waals surface area contributed by atoms with Crippen LogP contribution in [-0.2, 0) is 29.4 Å². The number of hydrogen-bond donors (Lipinski definition) is 3. The fourth-order valence-corrected chi connectivity index (χ4v) is 6.30. The van der Waals surface area contributed by atoms with Gasteiger partial charge < -0.3 is 15.6 Å². The van der Waals surface area contributed by atoms with Crippen LogP contribution < -0.4 is 15.2 Å². The topological polar surface area (TPSA) is 105 Å². The maximum absolute atomic E-state index is 11.5. The summed E-state index contributed by atoms with van der Waals surface area (Å²) >= 11 is 0. The fraction of sp³-hybridized carbons (Fsp3) is 0.520. The first kappa shape index (κ1) is 25.3. The third kappa shape index (κ3) is 5.21. The van der Waals surface area contributed by atoms with E-state index in [9.17, 15) is 13.5 Å². The number of halogens is 1. The van der Waals surface area contributed by atoms with Crippen molar-refractivity contribution in [2.24, 2.45) is 5.73 Å². The van der Waals surface area contributed by atoms with Crippen LogP contribution >= 0.6 is 12.4 Å². The lowest BCUT2D eigenvalue weighted by Crippen LogP contribution is -2.53. The summed E-state index contributed by atoms with van der Waals surface area (Å²) in [6.07, 6.45) is 6.08. The van der Waals surface area contributed by atoms with Crippen LogP contribution in [0.2, 0.25) is 0 Å². The molecule has 1 saturated heterocycles. The van der Waals surface area contributed by atoms with Gasteiger partial charge in [-0.3, -0.25) is 9.62 Å². The molecule has 0 saturated carbocycles. The lowest BCUT2D eigenvalue weighted by molar-refractivity contribution is -0.0608. The van der Waals surface area contributed by atoms with Crippen molar-refractivity contribution in [3.05, 3.63) is 58.7 Å². The predicted octanol–water partition coefficient (Wildman–Crippen LogP) is 3.15. The van der Waals surface area contributed by atoms with E-state index in [0.717, 1.165) is 51.4 Å². The van der Waals surface area contributed by atoms with E-state index in [1.54, 1.807) is 18.2 Å². The van der Waals surface area contributed by atoms with Crippen LogP contribution in [0.4, 0.5) is 5.69 Å². The summed E-state index contributed by atoms with van der Waals surface area (Å²) in [5.41, 5.74) is 10.6. The predicted molar refractivity (Wildman–Crippen MR) is 136 cm³/mol. The number of aliphatic hydroxyl groups excluding tert-OH is 1. The van der Waals surface area contributed by atoms with Gasteiger partial charge in [0.1, 0.15) is 11.4 Å². The molecule has 1 spiro atoms. The average Bonchev–Trinajstić information content (AvgIpc) is 2.78. The van der Waals surface area contributed by atoms with Crippen molar-refractivity contribution in [1.82, 2.24) is 4.90 Å². The Morgan fingerprint density at radius 3 is 2.65 bits per heavy atom. The quantitative estimate of drug-likeness (QED) is 0.587. The standard InChI is InChI=1S/C25H33N3O4S.ClH/c1-33(30,31)27-20-5-7-24-22(14-20)23(29)15-25(32-24)8-10-28(11-9-25)21-6-4-18-12-17(16-26)2-3-19(18)13-21;/h2-3,5,7,12,14,21,23,27,29H,4,6,8-11,13,15-16,26H2,1H3;1H/t21-,23-;/m1./s1. The van der Waals surface area contributed by atoms with Gasteiger partial charge in [0.25, 0.3) is 0 Å². The first-order chi connectivity index (χ1) is 15.7. The summed E-state index contributed by atoms with van der Waals surface area (Å²) in [6.45, 7) is 2.50. The number of ether oxygens (including phenoxy) is 1. The van der Waals surface area contributed by atoms with Gasteiger partial charge in [-0.2, -0.15) is 0 Å². The van der Waals surface area contributed by atoms with Crippen molar-refractivity contribution in [2.45, 2.75) is 62.8 Å². The van der Waals surface area contributed by atoms with Crippen molar-refractivity contribution in [1.29, 1.82) is 0 Å². The smallest absolute Gasteiger partial charge is 0.229 e. The SMILES string of the molecule is CS(=O)(=O)Nc1ccc2c(c1)[C@H](O)CC1(CCN([C@@H]3CCc4cc(CN)ccc4C3)CC1)O2.Cl. The Balaban J connectivity index is 0.00000274. The number of nitrogens with one attached hydrogen (secondary N) is 1. The van der Waals surface area contributed by atoms with E-state index in [4.69, 9.17) is 10.5 Å². The molecule has 2 aliphatic heterocycles. The van der Waals surface area contributed by atoms with Crippen LogP contribution in [0.3, 0.4) is 0 Å². The monoisotopic (exact) mass is 507 g/mol. The molecular weight excluding hydrogens is 474 g/mol. The molecule has 0 bridgehead atoms. The molecule has 1 fully saturated rings. The zero-order valence-corrected chi connectivity index (χ0v) is 21.1. The molecule has 0 radical (unpaired) electrons. The molecule has 3 aliphatic rings. The van der Waals surface area contributed by atoms with Crippen molar-refractivity contribution >= 4 is 28.1 Å². The minimum absolute atomic E-state index is 0. The van der Waals surface area contributed by atoms with Crippen LogP contribution in [0.25, 0.3) is 0 Å². The minimum Gasteiger partial charge on any atom is -0.487 e. The summed E-state index contributed by atoms with van der Waals surface area (Å²) < 4.78 is 32.0. The number of rotatable bonds is 4. The Morgan fingerprint density at radius 2 is 1.94 bits per heavy atom. The number of aryl methyl sites for hydroxylation is 1. The van der Waals surface area contributed by atoms with E-state index >= 15 is 0 Å². The van der Waals surface area contributed by atoms with E-state index in [2.05, 4.69) is 27.8 Å². The van der Waals surface area contributed by atoms with E-state index in [1.165, 1.54) is 16.7 Å². The van der Waals surface area contributed by atoms with Crippen LogP contribution in [0.1, 0.15) is 54.0 Å². The summed E-state index contributed by atoms with van der Waals surface area (Å²) in [5.74, 6) is 0.656. The Morgan fingerprint density at radius 1 is 1.18 bits per heavy atom. The molecular formula is C25H34ClN3O4S. The highest BCUT2D eigenvalue weighted by Crippen LogP contribution is 2.45. The summed E-state index contributed by atoms with van der Waals surface area (Å²) in [5, 5.41) is 10.9. The van der Waals surface area contributed by atoms with Crippen LogP contribution in [0.5, 0.6) is 5.75 Å². The molecule has 2 heterocycles. The number of nitrogens with two attached hydrogens (primary N) is 1. The molecule has 0 unspecified atom stereocenters. The summed E-state index contributed by atoms with van der Waals surface area (Å²) in [7, 11) is -3.37. The third-order valence-corrected chi connectivity index (χ3v) is 8.10. The fourth-order valence-electron chi connectivity index (χ4n) is 5.75. The average molecular weight is 508 g/mol. The van der Waals surface area contributed by atoms with E-state index in [-0.39, 0.29) is 18.0 Å². The molecule has 0 aromatic heterocycles. The van der Waals surface area contributed by atoms with Gasteiger partial charge in [-0.05, 0) is 67.0 Å². The number of anilines is 1. The van der Waals surface area contributed by atoms with Gasteiger partial charge in [0.05, 0.1) is 12.4 Å². The second kappa shape index (κ2) is 9.66. The maximum Gasteiger partial charge on any atom is 0.229 e. The van der Waals surface area contributed by atoms with Crippen molar-refractivity contribution in [3.8, 4) is 5.75 Å². The van der Waals surface area contributed by atoms with Gasteiger partial charge >= 0.3 is 0 Å². The number of aliphatic hydroxyl groups is 1. The maximum atomic E-state index is 11.5. The Hall–Kier alpha value is -1.84. The van der Waals surface area contributed by atoms with E-state index in [1.807, 2.05) is 0 Å². The molecule has 2 aromatic carbocycles.